The van der Waals surface area contributed by atoms with Gasteiger partial charge < -0.3 is 0 Å². The number of imidazole rings is 1. The molecule has 0 radical (unpaired) electrons. The number of aryl methyl sites for hydroxylation is 1. The number of rotatable bonds is 6. The average Bonchev–Trinajstić information content (AvgIpc) is 2.92. The fourth-order valence-corrected chi connectivity index (χ4v) is 3.68. The van der Waals surface area contributed by atoms with Gasteiger partial charge in [-0.15, -0.1) is 0 Å². The van der Waals surface area contributed by atoms with Crippen molar-refractivity contribution in [2.24, 2.45) is 7.05 Å². The molecule has 0 spiro atoms. The fraction of sp³-hybridized carbons (Fsp3) is 0.348. The Morgan fingerprint density at radius 1 is 0.880 bits per heavy atom. The first kappa shape index (κ1) is 17.5. The third-order valence-electron chi connectivity index (χ3n) is 4.94. The van der Waals surface area contributed by atoms with Crippen molar-refractivity contribution in [2.45, 2.75) is 45.6 Å². The molecule has 130 valence electrons. The first-order valence-electron chi connectivity index (χ1n) is 9.23. The van der Waals surface area contributed by atoms with E-state index in [1.54, 1.807) is 0 Å². The summed E-state index contributed by atoms with van der Waals surface area (Å²) in [6.45, 7) is 6.89. The van der Waals surface area contributed by atoms with Gasteiger partial charge in [-0.05, 0) is 30.9 Å². The van der Waals surface area contributed by atoms with E-state index < -0.39 is 0 Å². The maximum atomic E-state index is 2.52. The molecule has 0 aliphatic carbocycles. The lowest BCUT2D eigenvalue weighted by molar-refractivity contribution is -0.678. The number of benzene rings is 2. The fourth-order valence-electron chi connectivity index (χ4n) is 3.68. The number of nitrogens with zero attached hydrogens (tertiary/aromatic N) is 2. The van der Waals surface area contributed by atoms with Crippen LogP contribution in [-0.2, 0) is 19.9 Å². The standard InChI is InChI=1S/C23H29N2/c1-18(2)25-22(15-19(3)21-13-9-6-10-14-21)17-24(4)23(25)16-20-11-7-5-8-12-20/h5-14,17-19H,15-16H2,1-4H3/q+1. The van der Waals surface area contributed by atoms with E-state index in [1.165, 1.54) is 22.6 Å². The van der Waals surface area contributed by atoms with Gasteiger partial charge in [0.2, 0.25) is 0 Å². The molecular formula is C23H29N2+. The normalized spacial score (nSPS) is 12.5. The van der Waals surface area contributed by atoms with Gasteiger partial charge in [-0.3, -0.25) is 0 Å². The Bertz CT molecular complexity index is 801. The molecule has 0 saturated heterocycles. The minimum absolute atomic E-state index is 0.456. The first-order valence-corrected chi connectivity index (χ1v) is 9.23. The zero-order valence-corrected chi connectivity index (χ0v) is 15.8. The van der Waals surface area contributed by atoms with Crippen LogP contribution in [0.4, 0.5) is 0 Å². The second-order valence-electron chi connectivity index (χ2n) is 7.29. The zero-order chi connectivity index (χ0) is 17.8. The highest BCUT2D eigenvalue weighted by Gasteiger charge is 2.25. The Morgan fingerprint density at radius 2 is 1.48 bits per heavy atom. The molecule has 25 heavy (non-hydrogen) atoms. The molecule has 1 atom stereocenters. The van der Waals surface area contributed by atoms with Crippen LogP contribution in [-0.4, -0.2) is 4.57 Å². The van der Waals surface area contributed by atoms with Gasteiger partial charge in [0.15, 0.2) is 0 Å². The highest BCUT2D eigenvalue weighted by Crippen LogP contribution is 2.23. The summed E-state index contributed by atoms with van der Waals surface area (Å²) >= 11 is 0. The summed E-state index contributed by atoms with van der Waals surface area (Å²) in [5, 5.41) is 0. The molecule has 0 amide bonds. The van der Waals surface area contributed by atoms with Gasteiger partial charge >= 0.3 is 0 Å². The van der Waals surface area contributed by atoms with Crippen LogP contribution in [0.15, 0.2) is 66.9 Å². The van der Waals surface area contributed by atoms with Crippen LogP contribution < -0.4 is 4.57 Å². The van der Waals surface area contributed by atoms with Gasteiger partial charge in [-0.25, -0.2) is 9.13 Å². The van der Waals surface area contributed by atoms with Crippen LogP contribution >= 0.6 is 0 Å². The summed E-state index contributed by atoms with van der Waals surface area (Å²) in [6.07, 6.45) is 4.35. The number of aromatic nitrogens is 2. The molecule has 1 heterocycles. The van der Waals surface area contributed by atoms with Crippen LogP contribution in [0.2, 0.25) is 0 Å². The molecule has 2 heteroatoms. The van der Waals surface area contributed by atoms with Gasteiger partial charge in [0.1, 0.15) is 11.9 Å². The molecule has 3 aromatic rings. The van der Waals surface area contributed by atoms with Crippen molar-refractivity contribution in [1.82, 2.24) is 4.57 Å². The van der Waals surface area contributed by atoms with Crippen molar-refractivity contribution in [3.63, 3.8) is 0 Å². The number of hydrogen-bond acceptors (Lipinski definition) is 0. The lowest BCUT2D eigenvalue weighted by atomic mass is 9.96. The smallest absolute Gasteiger partial charge is 0.236 e. The third kappa shape index (κ3) is 4.01. The van der Waals surface area contributed by atoms with Crippen LogP contribution in [0.1, 0.15) is 55.4 Å². The summed E-state index contributed by atoms with van der Waals surface area (Å²) in [5.41, 5.74) is 4.19. The molecule has 1 unspecified atom stereocenters. The van der Waals surface area contributed by atoms with E-state index in [0.29, 0.717) is 12.0 Å². The van der Waals surface area contributed by atoms with Crippen LogP contribution in [0, 0.1) is 0 Å². The highest BCUT2D eigenvalue weighted by atomic mass is 15.2. The molecule has 0 aliphatic rings. The van der Waals surface area contributed by atoms with E-state index in [4.69, 9.17) is 0 Å². The molecule has 0 saturated carbocycles. The van der Waals surface area contributed by atoms with E-state index in [9.17, 15) is 0 Å². The van der Waals surface area contributed by atoms with Crippen molar-refractivity contribution in [2.75, 3.05) is 0 Å². The molecule has 1 aromatic heterocycles. The zero-order valence-electron chi connectivity index (χ0n) is 15.8. The van der Waals surface area contributed by atoms with Gasteiger partial charge in [0.05, 0.1) is 19.5 Å². The lowest BCUT2D eigenvalue weighted by Crippen LogP contribution is -2.32. The minimum atomic E-state index is 0.456. The average molecular weight is 333 g/mol. The van der Waals surface area contributed by atoms with Crippen molar-refractivity contribution in [3.05, 3.63) is 89.5 Å². The van der Waals surface area contributed by atoms with Crippen molar-refractivity contribution in [1.29, 1.82) is 0 Å². The predicted molar refractivity (Wildman–Crippen MR) is 104 cm³/mol. The van der Waals surface area contributed by atoms with Crippen LogP contribution in [0.5, 0.6) is 0 Å². The quantitative estimate of drug-likeness (QED) is 0.571. The Morgan fingerprint density at radius 3 is 2.08 bits per heavy atom. The SMILES string of the molecule is CC(Cc1c[n+](C)c(Cc2ccccc2)n1C(C)C)c1ccccc1. The van der Waals surface area contributed by atoms with E-state index in [-0.39, 0.29) is 0 Å². The maximum absolute atomic E-state index is 2.52. The third-order valence-corrected chi connectivity index (χ3v) is 4.94. The molecule has 3 rings (SSSR count). The van der Waals surface area contributed by atoms with Crippen molar-refractivity contribution in [3.8, 4) is 0 Å². The second kappa shape index (κ2) is 7.69. The van der Waals surface area contributed by atoms with Crippen LogP contribution in [0.3, 0.4) is 0 Å². The summed E-state index contributed by atoms with van der Waals surface area (Å²) in [6, 6.07) is 22.0. The van der Waals surface area contributed by atoms with Crippen molar-refractivity contribution < 1.29 is 4.57 Å². The largest absolute Gasteiger partial charge is 0.261 e. The maximum Gasteiger partial charge on any atom is 0.261 e. The minimum Gasteiger partial charge on any atom is -0.236 e. The second-order valence-corrected chi connectivity index (χ2v) is 7.29. The lowest BCUT2D eigenvalue weighted by Gasteiger charge is -2.13. The van der Waals surface area contributed by atoms with Gasteiger partial charge in [0, 0.05) is 6.42 Å². The number of hydrogen-bond donors (Lipinski definition) is 0. The van der Waals surface area contributed by atoms with E-state index in [0.717, 1.165) is 12.8 Å². The predicted octanol–water partition coefficient (Wildman–Crippen LogP) is 4.83. The van der Waals surface area contributed by atoms with Crippen molar-refractivity contribution >= 4 is 0 Å². The Hall–Kier alpha value is -2.35. The molecule has 0 bridgehead atoms. The van der Waals surface area contributed by atoms with E-state index >= 15 is 0 Å². The van der Waals surface area contributed by atoms with Gasteiger partial charge in [-0.1, -0.05) is 67.6 Å². The molecule has 0 aliphatic heterocycles. The molecular weight excluding hydrogens is 304 g/mol. The summed E-state index contributed by atoms with van der Waals surface area (Å²) in [7, 11) is 2.17. The topological polar surface area (TPSA) is 8.81 Å². The molecule has 2 aromatic carbocycles. The molecule has 0 fully saturated rings. The Balaban J connectivity index is 1.91. The molecule has 0 N–H and O–H groups in total. The summed E-state index contributed by atoms with van der Waals surface area (Å²) in [4.78, 5) is 0. The Labute approximate surface area is 151 Å². The first-order chi connectivity index (χ1) is 12.1. The van der Waals surface area contributed by atoms with Crippen LogP contribution in [0.25, 0.3) is 0 Å². The van der Waals surface area contributed by atoms with E-state index in [1.807, 2.05) is 0 Å². The molecule has 2 nitrogen and oxygen atoms in total. The Kier molecular flexibility index (Phi) is 5.37. The van der Waals surface area contributed by atoms with Gasteiger partial charge in [0.25, 0.3) is 5.82 Å². The summed E-state index contributed by atoms with van der Waals surface area (Å²) in [5.74, 6) is 1.88. The highest BCUT2D eigenvalue weighted by molar-refractivity contribution is 5.22. The summed E-state index contributed by atoms with van der Waals surface area (Å²) < 4.78 is 4.83. The van der Waals surface area contributed by atoms with Gasteiger partial charge in [-0.2, -0.15) is 0 Å². The van der Waals surface area contributed by atoms with E-state index in [2.05, 4.69) is 104 Å². The monoisotopic (exact) mass is 333 g/mol.